The number of carbonyl (C=O) groups is 1. The second kappa shape index (κ2) is 5.79. The van der Waals surface area contributed by atoms with Crippen molar-refractivity contribution in [1.29, 1.82) is 0 Å². The van der Waals surface area contributed by atoms with Crippen LogP contribution in [-0.4, -0.2) is 27.3 Å². The van der Waals surface area contributed by atoms with Crippen LogP contribution in [0, 0.1) is 5.82 Å². The summed E-state index contributed by atoms with van der Waals surface area (Å²) in [5.74, 6) is -0.456. The highest BCUT2D eigenvalue weighted by Crippen LogP contribution is 2.22. The second-order valence-corrected chi connectivity index (χ2v) is 4.38. The molecule has 0 unspecified atom stereocenters. The molecule has 6 nitrogen and oxygen atoms in total. The van der Waals surface area contributed by atoms with Crippen LogP contribution in [0.15, 0.2) is 29.3 Å². The summed E-state index contributed by atoms with van der Waals surface area (Å²) >= 11 is 3.22. The SMILES string of the molecule is CCNC(=O)Nc1cn(-c2cncc(F)c2)nc1Br. The van der Waals surface area contributed by atoms with E-state index in [4.69, 9.17) is 0 Å². The van der Waals surface area contributed by atoms with E-state index < -0.39 is 5.82 Å². The molecule has 0 radical (unpaired) electrons. The van der Waals surface area contributed by atoms with E-state index >= 15 is 0 Å². The lowest BCUT2D eigenvalue weighted by Crippen LogP contribution is -2.28. The van der Waals surface area contributed by atoms with Gasteiger partial charge in [-0.05, 0) is 22.9 Å². The molecule has 0 spiro atoms. The minimum absolute atomic E-state index is 0.333. The molecule has 0 aliphatic heterocycles. The Balaban J connectivity index is 2.23. The lowest BCUT2D eigenvalue weighted by molar-refractivity contribution is 0.252. The molecule has 0 atom stereocenters. The summed E-state index contributed by atoms with van der Waals surface area (Å²) in [6.07, 6.45) is 4.14. The molecule has 0 aliphatic rings. The van der Waals surface area contributed by atoms with Crippen LogP contribution in [0.2, 0.25) is 0 Å². The maximum atomic E-state index is 13.1. The van der Waals surface area contributed by atoms with Gasteiger partial charge in [0, 0.05) is 12.6 Å². The molecule has 0 fully saturated rings. The third-order valence-electron chi connectivity index (χ3n) is 2.21. The first-order valence-electron chi connectivity index (χ1n) is 5.51. The molecule has 2 aromatic rings. The molecule has 8 heteroatoms. The average Bonchev–Trinajstić information content (AvgIpc) is 2.71. The number of halogens is 2. The Morgan fingerprint density at radius 3 is 3.00 bits per heavy atom. The van der Waals surface area contributed by atoms with Gasteiger partial charge < -0.3 is 10.6 Å². The molecule has 0 saturated carbocycles. The monoisotopic (exact) mass is 327 g/mol. The number of hydrogen-bond acceptors (Lipinski definition) is 3. The second-order valence-electron chi connectivity index (χ2n) is 3.62. The predicted molar refractivity (Wildman–Crippen MR) is 71.7 cm³/mol. The highest BCUT2D eigenvalue weighted by atomic mass is 79.9. The van der Waals surface area contributed by atoms with E-state index in [1.54, 1.807) is 6.20 Å². The van der Waals surface area contributed by atoms with Gasteiger partial charge in [-0.2, -0.15) is 5.10 Å². The predicted octanol–water partition coefficient (Wildman–Crippen LogP) is 2.31. The summed E-state index contributed by atoms with van der Waals surface area (Å²) < 4.78 is 14.9. The zero-order chi connectivity index (χ0) is 13.8. The highest BCUT2D eigenvalue weighted by Gasteiger charge is 2.10. The minimum Gasteiger partial charge on any atom is -0.338 e. The number of urea groups is 1. The van der Waals surface area contributed by atoms with E-state index in [1.165, 1.54) is 16.9 Å². The third-order valence-corrected chi connectivity index (χ3v) is 2.80. The van der Waals surface area contributed by atoms with Crippen molar-refractivity contribution in [2.45, 2.75) is 6.92 Å². The molecule has 2 rings (SSSR count). The molecule has 2 aromatic heterocycles. The normalized spacial score (nSPS) is 10.3. The van der Waals surface area contributed by atoms with Crippen LogP contribution in [0.1, 0.15) is 6.92 Å². The number of anilines is 1. The van der Waals surface area contributed by atoms with Crippen LogP contribution in [0.4, 0.5) is 14.9 Å². The van der Waals surface area contributed by atoms with Crippen LogP contribution in [0.3, 0.4) is 0 Å². The maximum Gasteiger partial charge on any atom is 0.319 e. The first-order valence-corrected chi connectivity index (χ1v) is 6.30. The smallest absolute Gasteiger partial charge is 0.319 e. The molecule has 0 aliphatic carbocycles. The molecule has 2 N–H and O–H groups in total. The number of nitrogens with zero attached hydrogens (tertiary/aromatic N) is 3. The van der Waals surface area contributed by atoms with Crippen molar-refractivity contribution in [2.75, 3.05) is 11.9 Å². The van der Waals surface area contributed by atoms with E-state index in [0.29, 0.717) is 22.5 Å². The third kappa shape index (κ3) is 3.28. The molecule has 2 heterocycles. The van der Waals surface area contributed by atoms with Gasteiger partial charge in [-0.3, -0.25) is 4.98 Å². The van der Waals surface area contributed by atoms with Gasteiger partial charge in [-0.25, -0.2) is 13.9 Å². The van der Waals surface area contributed by atoms with Crippen molar-refractivity contribution in [1.82, 2.24) is 20.1 Å². The Labute approximate surface area is 117 Å². The van der Waals surface area contributed by atoms with Crippen LogP contribution >= 0.6 is 15.9 Å². The van der Waals surface area contributed by atoms with E-state index in [2.05, 4.69) is 36.6 Å². The van der Waals surface area contributed by atoms with E-state index in [0.717, 1.165) is 6.20 Å². The van der Waals surface area contributed by atoms with Crippen molar-refractivity contribution in [3.8, 4) is 5.69 Å². The van der Waals surface area contributed by atoms with Crippen LogP contribution < -0.4 is 10.6 Å². The number of rotatable bonds is 3. The number of aromatic nitrogens is 3. The molecule has 0 aromatic carbocycles. The summed E-state index contributed by atoms with van der Waals surface area (Å²) in [7, 11) is 0. The fourth-order valence-electron chi connectivity index (χ4n) is 1.42. The Kier molecular flexibility index (Phi) is 4.10. The molecular weight excluding hydrogens is 317 g/mol. The van der Waals surface area contributed by atoms with Gasteiger partial charge in [0.2, 0.25) is 0 Å². The Morgan fingerprint density at radius 1 is 1.53 bits per heavy atom. The lowest BCUT2D eigenvalue weighted by Gasteiger charge is -2.02. The number of hydrogen-bond donors (Lipinski definition) is 2. The van der Waals surface area contributed by atoms with Crippen molar-refractivity contribution in [3.05, 3.63) is 35.1 Å². The number of nitrogens with one attached hydrogen (secondary N) is 2. The maximum absolute atomic E-state index is 13.1. The van der Waals surface area contributed by atoms with Gasteiger partial charge in [0.05, 0.1) is 30.0 Å². The molecule has 2 amide bonds. The van der Waals surface area contributed by atoms with E-state index in [1.807, 2.05) is 6.92 Å². The van der Waals surface area contributed by atoms with Crippen molar-refractivity contribution in [2.24, 2.45) is 0 Å². The molecule has 0 saturated heterocycles. The quantitative estimate of drug-likeness (QED) is 0.908. The Morgan fingerprint density at radius 2 is 2.32 bits per heavy atom. The van der Waals surface area contributed by atoms with Crippen LogP contribution in [0.5, 0.6) is 0 Å². The molecular formula is C11H11BrFN5O. The Hall–Kier alpha value is -1.96. The first-order chi connectivity index (χ1) is 9.10. The van der Waals surface area contributed by atoms with E-state index in [9.17, 15) is 9.18 Å². The van der Waals surface area contributed by atoms with Crippen molar-refractivity contribution >= 4 is 27.6 Å². The first kappa shape index (κ1) is 13.5. The number of carbonyl (C=O) groups excluding carboxylic acids is 1. The van der Waals surface area contributed by atoms with Gasteiger partial charge in [0.15, 0.2) is 4.60 Å². The summed E-state index contributed by atoms with van der Waals surface area (Å²) in [6, 6.07) is 0.961. The molecule has 19 heavy (non-hydrogen) atoms. The average molecular weight is 328 g/mol. The fourth-order valence-corrected chi connectivity index (χ4v) is 1.79. The Bertz CT molecular complexity index is 601. The van der Waals surface area contributed by atoms with Crippen LogP contribution in [-0.2, 0) is 0 Å². The largest absolute Gasteiger partial charge is 0.338 e. The van der Waals surface area contributed by atoms with Crippen molar-refractivity contribution < 1.29 is 9.18 Å². The van der Waals surface area contributed by atoms with Crippen LogP contribution in [0.25, 0.3) is 5.69 Å². The summed E-state index contributed by atoms with van der Waals surface area (Å²) in [6.45, 7) is 2.34. The van der Waals surface area contributed by atoms with Gasteiger partial charge in [0.25, 0.3) is 0 Å². The molecule has 100 valence electrons. The zero-order valence-corrected chi connectivity index (χ0v) is 11.6. The summed E-state index contributed by atoms with van der Waals surface area (Å²) in [5, 5.41) is 9.34. The lowest BCUT2D eigenvalue weighted by atomic mass is 10.4. The fraction of sp³-hybridized carbons (Fsp3) is 0.182. The number of pyridine rings is 1. The highest BCUT2D eigenvalue weighted by molar-refractivity contribution is 9.10. The topological polar surface area (TPSA) is 71.8 Å². The van der Waals surface area contributed by atoms with Gasteiger partial charge >= 0.3 is 6.03 Å². The minimum atomic E-state index is -0.456. The summed E-state index contributed by atoms with van der Waals surface area (Å²) in [4.78, 5) is 15.2. The zero-order valence-electron chi connectivity index (χ0n) is 10.0. The molecule has 0 bridgehead atoms. The van der Waals surface area contributed by atoms with Gasteiger partial charge in [0.1, 0.15) is 5.82 Å². The standard InChI is InChI=1S/C11H11BrFN5O/c1-2-15-11(19)16-9-6-18(17-10(9)12)8-3-7(13)4-14-5-8/h3-6H,2H2,1H3,(H2,15,16,19). The van der Waals surface area contributed by atoms with E-state index in [-0.39, 0.29) is 6.03 Å². The van der Waals surface area contributed by atoms with Gasteiger partial charge in [-0.1, -0.05) is 0 Å². The number of amides is 2. The van der Waals surface area contributed by atoms with Crippen molar-refractivity contribution in [3.63, 3.8) is 0 Å². The van der Waals surface area contributed by atoms with Gasteiger partial charge in [-0.15, -0.1) is 0 Å². The summed E-state index contributed by atoms with van der Waals surface area (Å²) in [5.41, 5.74) is 0.944.